The average Bonchev–Trinajstić information content (AvgIpc) is 2.36. The zero-order valence-electron chi connectivity index (χ0n) is 10.3. The molecule has 6 nitrogen and oxygen atoms in total. The Morgan fingerprint density at radius 1 is 1.30 bits per heavy atom. The molecule has 0 atom stereocenters. The van der Waals surface area contributed by atoms with Gasteiger partial charge in [0.05, 0.1) is 17.4 Å². The molecule has 2 rings (SSSR count). The van der Waals surface area contributed by atoms with E-state index in [1.54, 1.807) is 6.92 Å². The highest BCUT2D eigenvalue weighted by molar-refractivity contribution is 9.10. The number of hydrogen-bond donors (Lipinski definition) is 2. The highest BCUT2D eigenvalue weighted by atomic mass is 79.9. The first-order valence-electron chi connectivity index (χ1n) is 5.35. The van der Waals surface area contributed by atoms with Crippen LogP contribution in [0, 0.1) is 6.92 Å². The van der Waals surface area contributed by atoms with Gasteiger partial charge >= 0.3 is 0 Å². The molecule has 1 heterocycles. The van der Waals surface area contributed by atoms with Crippen LogP contribution < -0.4 is 10.5 Å². The number of nitrogens with zero attached hydrogens (tertiary/aromatic N) is 2. The van der Waals surface area contributed by atoms with Crippen LogP contribution in [0.1, 0.15) is 5.56 Å². The van der Waals surface area contributed by atoms with Crippen LogP contribution in [0.5, 0.6) is 0 Å². The Kier molecular flexibility index (Phi) is 4.17. The molecule has 0 saturated carbocycles. The highest BCUT2D eigenvalue weighted by Gasteiger charge is 2.20. The topological polar surface area (TPSA) is 98.0 Å². The first kappa shape index (κ1) is 15.0. The van der Waals surface area contributed by atoms with Gasteiger partial charge in [0.2, 0.25) is 0 Å². The van der Waals surface area contributed by atoms with Gasteiger partial charge in [0.1, 0.15) is 9.50 Å². The van der Waals surface area contributed by atoms with Gasteiger partial charge < -0.3 is 5.73 Å². The molecule has 20 heavy (non-hydrogen) atoms. The predicted octanol–water partition coefficient (Wildman–Crippen LogP) is 2.58. The lowest BCUT2D eigenvalue weighted by atomic mass is 10.2. The van der Waals surface area contributed by atoms with Crippen LogP contribution in [0.25, 0.3) is 0 Å². The molecule has 0 saturated heterocycles. The third-order valence-electron chi connectivity index (χ3n) is 2.47. The van der Waals surface area contributed by atoms with Crippen LogP contribution in [-0.2, 0) is 10.0 Å². The second-order valence-electron chi connectivity index (χ2n) is 3.97. The molecule has 0 fully saturated rings. The number of aromatic nitrogens is 2. The maximum atomic E-state index is 12.2. The Morgan fingerprint density at radius 2 is 2.00 bits per heavy atom. The van der Waals surface area contributed by atoms with E-state index in [9.17, 15) is 8.42 Å². The number of nitrogen functional groups attached to an aromatic ring is 1. The summed E-state index contributed by atoms with van der Waals surface area (Å²) < 4.78 is 27.3. The zero-order chi connectivity index (χ0) is 14.9. The standard InChI is InChI=1S/C11H10BrClN4O2S/c1-6-2-7(13)9(3-8(6)14)20(18,19)17-11-5-15-10(12)4-16-11/h2-5H,14H2,1H3,(H,16,17). The summed E-state index contributed by atoms with van der Waals surface area (Å²) in [4.78, 5) is 7.66. The second-order valence-corrected chi connectivity index (χ2v) is 6.84. The third-order valence-corrected chi connectivity index (χ3v) is 4.70. The normalized spacial score (nSPS) is 11.3. The van der Waals surface area contributed by atoms with E-state index < -0.39 is 10.0 Å². The molecule has 0 aliphatic carbocycles. The summed E-state index contributed by atoms with van der Waals surface area (Å²) in [6, 6.07) is 2.81. The van der Waals surface area contributed by atoms with Crippen molar-refractivity contribution in [1.82, 2.24) is 9.97 Å². The van der Waals surface area contributed by atoms with E-state index in [4.69, 9.17) is 17.3 Å². The summed E-state index contributed by atoms with van der Waals surface area (Å²) in [6.45, 7) is 1.74. The molecule has 0 spiro atoms. The first-order chi connectivity index (χ1) is 9.29. The van der Waals surface area contributed by atoms with E-state index in [1.165, 1.54) is 24.5 Å². The number of aryl methyl sites for hydroxylation is 1. The summed E-state index contributed by atoms with van der Waals surface area (Å²) in [6.07, 6.45) is 2.66. The van der Waals surface area contributed by atoms with Gasteiger partial charge in [0.25, 0.3) is 10.0 Å². The highest BCUT2D eigenvalue weighted by Crippen LogP contribution is 2.27. The molecular formula is C11H10BrClN4O2S. The number of halogens is 2. The maximum absolute atomic E-state index is 12.2. The van der Waals surface area contributed by atoms with E-state index in [-0.39, 0.29) is 15.7 Å². The second kappa shape index (κ2) is 5.55. The number of anilines is 2. The Bertz CT molecular complexity index is 750. The van der Waals surface area contributed by atoms with Gasteiger partial charge in [-0.3, -0.25) is 4.72 Å². The Hall–Kier alpha value is -1.38. The predicted molar refractivity (Wildman–Crippen MR) is 81.1 cm³/mol. The lowest BCUT2D eigenvalue weighted by Crippen LogP contribution is -2.15. The lowest BCUT2D eigenvalue weighted by Gasteiger charge is -2.10. The molecule has 0 radical (unpaired) electrons. The van der Waals surface area contributed by atoms with Gasteiger partial charge in [0, 0.05) is 5.69 Å². The lowest BCUT2D eigenvalue weighted by molar-refractivity contribution is 0.601. The summed E-state index contributed by atoms with van der Waals surface area (Å²) in [5.41, 5.74) is 6.76. The molecule has 0 aliphatic rings. The Balaban J connectivity index is 2.40. The van der Waals surface area contributed by atoms with E-state index in [0.717, 1.165) is 0 Å². The van der Waals surface area contributed by atoms with Gasteiger partial charge in [-0.1, -0.05) is 11.6 Å². The van der Waals surface area contributed by atoms with Crippen molar-refractivity contribution in [2.75, 3.05) is 10.5 Å². The van der Waals surface area contributed by atoms with E-state index in [2.05, 4.69) is 30.6 Å². The van der Waals surface area contributed by atoms with Gasteiger partial charge in [-0.05, 0) is 40.5 Å². The maximum Gasteiger partial charge on any atom is 0.264 e. The minimum atomic E-state index is -3.88. The molecule has 0 bridgehead atoms. The van der Waals surface area contributed by atoms with Gasteiger partial charge in [0.15, 0.2) is 5.82 Å². The van der Waals surface area contributed by atoms with Crippen LogP contribution >= 0.6 is 27.5 Å². The van der Waals surface area contributed by atoms with Crippen molar-refractivity contribution in [1.29, 1.82) is 0 Å². The summed E-state index contributed by atoms with van der Waals surface area (Å²) in [5, 5.41) is 0.0919. The Morgan fingerprint density at radius 3 is 2.60 bits per heavy atom. The number of sulfonamides is 1. The summed E-state index contributed by atoms with van der Waals surface area (Å²) >= 11 is 9.07. The van der Waals surface area contributed by atoms with Crippen molar-refractivity contribution in [2.45, 2.75) is 11.8 Å². The van der Waals surface area contributed by atoms with E-state index in [1.807, 2.05) is 0 Å². The van der Waals surface area contributed by atoms with Crippen LogP contribution in [0.3, 0.4) is 0 Å². The van der Waals surface area contributed by atoms with Crippen molar-refractivity contribution in [2.24, 2.45) is 0 Å². The van der Waals surface area contributed by atoms with Crippen LogP contribution in [-0.4, -0.2) is 18.4 Å². The van der Waals surface area contributed by atoms with E-state index in [0.29, 0.717) is 15.9 Å². The molecular weight excluding hydrogens is 368 g/mol. The van der Waals surface area contributed by atoms with Crippen molar-refractivity contribution in [3.05, 3.63) is 39.7 Å². The average molecular weight is 378 g/mol. The van der Waals surface area contributed by atoms with Crippen LogP contribution in [0.2, 0.25) is 5.02 Å². The van der Waals surface area contributed by atoms with Crippen molar-refractivity contribution >= 4 is 49.1 Å². The molecule has 9 heteroatoms. The zero-order valence-corrected chi connectivity index (χ0v) is 13.4. The molecule has 1 aromatic carbocycles. The fourth-order valence-electron chi connectivity index (χ4n) is 1.43. The largest absolute Gasteiger partial charge is 0.398 e. The number of rotatable bonds is 3. The van der Waals surface area contributed by atoms with Gasteiger partial charge in [-0.25, -0.2) is 18.4 Å². The third kappa shape index (κ3) is 3.20. The molecule has 2 aromatic rings. The Labute approximate surface area is 129 Å². The fraction of sp³-hybridized carbons (Fsp3) is 0.0909. The van der Waals surface area contributed by atoms with Crippen molar-refractivity contribution < 1.29 is 8.42 Å². The fourth-order valence-corrected chi connectivity index (χ4v) is 3.25. The number of hydrogen-bond acceptors (Lipinski definition) is 5. The number of benzene rings is 1. The van der Waals surface area contributed by atoms with Crippen molar-refractivity contribution in [3.8, 4) is 0 Å². The smallest absolute Gasteiger partial charge is 0.264 e. The monoisotopic (exact) mass is 376 g/mol. The molecule has 0 unspecified atom stereocenters. The van der Waals surface area contributed by atoms with Crippen LogP contribution in [0.15, 0.2) is 34.0 Å². The van der Waals surface area contributed by atoms with E-state index >= 15 is 0 Å². The van der Waals surface area contributed by atoms with Crippen molar-refractivity contribution in [3.63, 3.8) is 0 Å². The number of nitrogens with one attached hydrogen (secondary N) is 1. The minimum absolute atomic E-state index is 0.0865. The number of nitrogens with two attached hydrogens (primary N) is 1. The SMILES string of the molecule is Cc1cc(Cl)c(S(=O)(=O)Nc2cnc(Br)cn2)cc1N. The minimum Gasteiger partial charge on any atom is -0.398 e. The molecule has 0 aliphatic heterocycles. The van der Waals surface area contributed by atoms with Crippen LogP contribution in [0.4, 0.5) is 11.5 Å². The summed E-state index contributed by atoms with van der Waals surface area (Å²) in [5.74, 6) is 0.0865. The molecule has 0 amide bonds. The first-order valence-corrected chi connectivity index (χ1v) is 8.01. The summed E-state index contributed by atoms with van der Waals surface area (Å²) in [7, 11) is -3.88. The molecule has 1 aromatic heterocycles. The van der Waals surface area contributed by atoms with Gasteiger partial charge in [-0.15, -0.1) is 0 Å². The van der Waals surface area contributed by atoms with Gasteiger partial charge in [-0.2, -0.15) is 0 Å². The quantitative estimate of drug-likeness (QED) is 0.801. The molecule has 3 N–H and O–H groups in total. The molecule has 106 valence electrons.